The van der Waals surface area contributed by atoms with E-state index < -0.39 is 11.9 Å². The van der Waals surface area contributed by atoms with Gasteiger partial charge in [-0.2, -0.15) is 0 Å². The van der Waals surface area contributed by atoms with Crippen molar-refractivity contribution in [1.29, 1.82) is 0 Å². The van der Waals surface area contributed by atoms with Crippen molar-refractivity contribution in [3.05, 3.63) is 29.3 Å². The Labute approximate surface area is 116 Å². The lowest BCUT2D eigenvalue weighted by molar-refractivity contribution is -0.142. The molecule has 0 aromatic heterocycles. The molecule has 2 unspecified atom stereocenters. The minimum absolute atomic E-state index is 0.196. The molecule has 1 fully saturated rings. The van der Waals surface area contributed by atoms with Crippen LogP contribution in [0.1, 0.15) is 35.2 Å². The van der Waals surface area contributed by atoms with Crippen molar-refractivity contribution in [1.82, 2.24) is 5.32 Å². The Morgan fingerprint density at radius 3 is 2.95 bits per heavy atom. The van der Waals surface area contributed by atoms with Crippen LogP contribution in [0.25, 0.3) is 0 Å². The molecule has 1 aromatic carbocycles. The van der Waals surface area contributed by atoms with Crippen molar-refractivity contribution < 1.29 is 19.4 Å². The van der Waals surface area contributed by atoms with E-state index in [2.05, 4.69) is 5.32 Å². The number of carbonyl (C=O) groups excluding carboxylic acids is 1. The van der Waals surface area contributed by atoms with Gasteiger partial charge < -0.3 is 15.2 Å². The number of ether oxygens (including phenoxy) is 1. The van der Waals surface area contributed by atoms with Crippen molar-refractivity contribution in [3.63, 3.8) is 0 Å². The number of amides is 1. The molecule has 1 amide bonds. The van der Waals surface area contributed by atoms with E-state index in [1.54, 1.807) is 12.1 Å². The summed E-state index contributed by atoms with van der Waals surface area (Å²) in [5.41, 5.74) is 1.61. The molecule has 0 spiro atoms. The molecular weight excluding hydrogens is 258 g/mol. The molecule has 1 saturated carbocycles. The highest BCUT2D eigenvalue weighted by atomic mass is 16.5. The number of hydrogen-bond acceptors (Lipinski definition) is 3. The fraction of sp³-hybridized carbons (Fsp3) is 0.467. The SMILES string of the molecule is O=C(NC1CCCC1C(=O)O)c1ccc2c(c1)CCO2. The molecule has 0 bridgehead atoms. The van der Waals surface area contributed by atoms with Gasteiger partial charge in [0.05, 0.1) is 12.5 Å². The second kappa shape index (κ2) is 5.15. The molecule has 5 nitrogen and oxygen atoms in total. The van der Waals surface area contributed by atoms with Gasteiger partial charge in [-0.25, -0.2) is 0 Å². The molecule has 5 heteroatoms. The molecule has 1 aliphatic carbocycles. The Kier molecular flexibility index (Phi) is 3.34. The lowest BCUT2D eigenvalue weighted by Crippen LogP contribution is -2.40. The number of hydrogen-bond donors (Lipinski definition) is 2. The first-order chi connectivity index (χ1) is 9.65. The van der Waals surface area contributed by atoms with Crippen molar-refractivity contribution >= 4 is 11.9 Å². The third-order valence-corrected chi connectivity index (χ3v) is 4.10. The Morgan fingerprint density at radius 1 is 1.30 bits per heavy atom. The molecule has 20 heavy (non-hydrogen) atoms. The van der Waals surface area contributed by atoms with E-state index in [9.17, 15) is 9.59 Å². The fourth-order valence-corrected chi connectivity index (χ4v) is 3.01. The van der Waals surface area contributed by atoms with Crippen molar-refractivity contribution in [2.45, 2.75) is 31.7 Å². The Morgan fingerprint density at radius 2 is 2.15 bits per heavy atom. The topological polar surface area (TPSA) is 75.6 Å². The predicted octanol–water partition coefficient (Wildman–Crippen LogP) is 1.60. The average Bonchev–Trinajstić information content (AvgIpc) is 3.05. The van der Waals surface area contributed by atoms with Crippen LogP contribution >= 0.6 is 0 Å². The van der Waals surface area contributed by atoms with Crippen LogP contribution < -0.4 is 10.1 Å². The summed E-state index contributed by atoms with van der Waals surface area (Å²) in [5.74, 6) is -0.643. The quantitative estimate of drug-likeness (QED) is 0.878. The summed E-state index contributed by atoms with van der Waals surface area (Å²) < 4.78 is 5.41. The maximum Gasteiger partial charge on any atom is 0.308 e. The largest absolute Gasteiger partial charge is 0.493 e. The van der Waals surface area contributed by atoms with Crippen LogP contribution in [0.3, 0.4) is 0 Å². The molecule has 0 radical (unpaired) electrons. The summed E-state index contributed by atoms with van der Waals surface area (Å²) in [7, 11) is 0. The molecule has 106 valence electrons. The molecule has 1 aliphatic heterocycles. The van der Waals surface area contributed by atoms with E-state index in [1.165, 1.54) is 0 Å². The summed E-state index contributed by atoms with van der Waals surface area (Å²) in [6.07, 6.45) is 3.03. The van der Waals surface area contributed by atoms with Gasteiger partial charge in [0.25, 0.3) is 5.91 Å². The van der Waals surface area contributed by atoms with Crippen LogP contribution in [0.4, 0.5) is 0 Å². The number of nitrogens with one attached hydrogen (secondary N) is 1. The van der Waals surface area contributed by atoms with Gasteiger partial charge in [0.15, 0.2) is 0 Å². The summed E-state index contributed by atoms with van der Waals surface area (Å²) in [6, 6.07) is 5.11. The van der Waals surface area contributed by atoms with E-state index in [4.69, 9.17) is 9.84 Å². The second-order valence-electron chi connectivity index (χ2n) is 5.38. The zero-order valence-corrected chi connectivity index (χ0v) is 11.1. The van der Waals surface area contributed by atoms with E-state index in [1.807, 2.05) is 6.07 Å². The monoisotopic (exact) mass is 275 g/mol. The highest BCUT2D eigenvalue weighted by Crippen LogP contribution is 2.28. The normalized spacial score (nSPS) is 24.0. The maximum absolute atomic E-state index is 12.2. The predicted molar refractivity (Wildman–Crippen MR) is 71.9 cm³/mol. The number of benzene rings is 1. The number of carboxylic acid groups (broad SMARTS) is 1. The maximum atomic E-state index is 12.2. The number of aliphatic carboxylic acids is 1. The second-order valence-corrected chi connectivity index (χ2v) is 5.38. The van der Waals surface area contributed by atoms with Gasteiger partial charge in [0.2, 0.25) is 0 Å². The van der Waals surface area contributed by atoms with Gasteiger partial charge in [-0.15, -0.1) is 0 Å². The van der Waals surface area contributed by atoms with E-state index in [0.29, 0.717) is 18.6 Å². The number of carbonyl (C=O) groups is 2. The average molecular weight is 275 g/mol. The van der Waals surface area contributed by atoms with Crippen LogP contribution in [0.2, 0.25) is 0 Å². The summed E-state index contributed by atoms with van der Waals surface area (Å²) in [6.45, 7) is 0.657. The number of carboxylic acids is 1. The van der Waals surface area contributed by atoms with Gasteiger partial charge in [-0.1, -0.05) is 6.42 Å². The minimum Gasteiger partial charge on any atom is -0.493 e. The molecule has 2 N–H and O–H groups in total. The third-order valence-electron chi connectivity index (χ3n) is 4.10. The van der Waals surface area contributed by atoms with Crippen molar-refractivity contribution in [2.24, 2.45) is 5.92 Å². The van der Waals surface area contributed by atoms with E-state index in [-0.39, 0.29) is 11.9 Å². The van der Waals surface area contributed by atoms with Crippen LogP contribution in [0.5, 0.6) is 5.75 Å². The molecular formula is C15H17NO4. The first-order valence-corrected chi connectivity index (χ1v) is 6.94. The van der Waals surface area contributed by atoms with E-state index in [0.717, 1.165) is 30.6 Å². The molecule has 1 aromatic rings. The fourth-order valence-electron chi connectivity index (χ4n) is 3.01. The molecule has 2 atom stereocenters. The molecule has 1 heterocycles. The molecule has 3 rings (SSSR count). The highest BCUT2D eigenvalue weighted by molar-refractivity contribution is 5.95. The third kappa shape index (κ3) is 2.35. The molecule has 2 aliphatic rings. The lowest BCUT2D eigenvalue weighted by atomic mass is 10.0. The Hall–Kier alpha value is -2.04. The zero-order valence-electron chi connectivity index (χ0n) is 11.1. The van der Waals surface area contributed by atoms with Crippen LogP contribution in [-0.2, 0) is 11.2 Å². The van der Waals surface area contributed by atoms with Crippen LogP contribution in [-0.4, -0.2) is 29.6 Å². The highest BCUT2D eigenvalue weighted by Gasteiger charge is 2.34. The first kappa shape index (κ1) is 13.0. The standard InChI is InChI=1S/C15H17NO4/c17-14(16-12-3-1-2-11(12)15(18)19)10-4-5-13-9(8-10)6-7-20-13/h4-5,8,11-12H,1-3,6-7H2,(H,16,17)(H,18,19). The number of rotatable bonds is 3. The molecule has 0 saturated heterocycles. The van der Waals surface area contributed by atoms with Crippen molar-refractivity contribution in [3.8, 4) is 5.75 Å². The first-order valence-electron chi connectivity index (χ1n) is 6.94. The van der Waals surface area contributed by atoms with E-state index >= 15 is 0 Å². The number of fused-ring (bicyclic) bond motifs is 1. The van der Waals surface area contributed by atoms with Crippen LogP contribution in [0.15, 0.2) is 18.2 Å². The smallest absolute Gasteiger partial charge is 0.308 e. The van der Waals surface area contributed by atoms with Gasteiger partial charge in [-0.05, 0) is 36.6 Å². The Balaban J connectivity index is 1.71. The van der Waals surface area contributed by atoms with Crippen molar-refractivity contribution in [2.75, 3.05) is 6.61 Å². The Bertz CT molecular complexity index is 555. The van der Waals surface area contributed by atoms with Gasteiger partial charge in [0.1, 0.15) is 5.75 Å². The van der Waals surface area contributed by atoms with Gasteiger partial charge in [0, 0.05) is 18.0 Å². The van der Waals surface area contributed by atoms with Crippen LogP contribution in [0, 0.1) is 5.92 Å². The zero-order chi connectivity index (χ0) is 14.1. The van der Waals surface area contributed by atoms with Gasteiger partial charge >= 0.3 is 5.97 Å². The minimum atomic E-state index is -0.824. The van der Waals surface area contributed by atoms with Gasteiger partial charge in [-0.3, -0.25) is 9.59 Å². The summed E-state index contributed by atoms with van der Waals surface area (Å²) in [5, 5.41) is 12.0. The summed E-state index contributed by atoms with van der Waals surface area (Å²) >= 11 is 0. The lowest BCUT2D eigenvalue weighted by Gasteiger charge is -2.17. The summed E-state index contributed by atoms with van der Waals surface area (Å²) in [4.78, 5) is 23.3.